The van der Waals surface area contributed by atoms with E-state index in [0.29, 0.717) is 5.69 Å². The summed E-state index contributed by atoms with van der Waals surface area (Å²) in [4.78, 5) is 24.2. The summed E-state index contributed by atoms with van der Waals surface area (Å²) < 4.78 is 0. The molecule has 4 nitrogen and oxygen atoms in total. The number of carbonyl (C=O) groups is 2. The molecule has 4 heteroatoms. The zero-order valence-corrected chi connectivity index (χ0v) is 15.4. The highest BCUT2D eigenvalue weighted by atomic mass is 16.4. The van der Waals surface area contributed by atoms with Crippen molar-refractivity contribution in [2.45, 2.75) is 46.0 Å². The van der Waals surface area contributed by atoms with Gasteiger partial charge in [-0.3, -0.25) is 4.79 Å². The van der Waals surface area contributed by atoms with Crippen molar-refractivity contribution in [1.82, 2.24) is 0 Å². The first-order chi connectivity index (χ1) is 11.6. The van der Waals surface area contributed by atoms with E-state index in [-0.39, 0.29) is 22.5 Å². The summed E-state index contributed by atoms with van der Waals surface area (Å²) in [6.45, 7) is 10.3. The molecule has 0 aromatic heterocycles. The van der Waals surface area contributed by atoms with Crippen LogP contribution in [0, 0.1) is 0 Å². The number of hydrogen-bond acceptors (Lipinski definition) is 2. The van der Waals surface area contributed by atoms with Gasteiger partial charge < -0.3 is 10.4 Å². The fourth-order valence-electron chi connectivity index (χ4n) is 2.56. The van der Waals surface area contributed by atoms with Crippen LogP contribution in [0.3, 0.4) is 0 Å². The lowest BCUT2D eigenvalue weighted by atomic mass is 9.87. The Morgan fingerprint density at radius 2 is 1.68 bits per heavy atom. The standard InChI is InChI=1S/C21H25NO3/c1-13(2)14-9-10-17(20(24)25)18(11-14)19(23)22-16-8-6-7-15(12-16)21(3,4)5/h6-13H,1-5H3,(H,22,23)(H,24,25). The molecule has 0 saturated heterocycles. The number of nitrogens with one attached hydrogen (secondary N) is 1. The first kappa shape index (κ1) is 18.7. The van der Waals surface area contributed by atoms with E-state index in [4.69, 9.17) is 0 Å². The minimum Gasteiger partial charge on any atom is -0.478 e. The summed E-state index contributed by atoms with van der Waals surface area (Å²) in [5.41, 5.74) is 2.83. The van der Waals surface area contributed by atoms with Crippen molar-refractivity contribution in [1.29, 1.82) is 0 Å². The molecule has 0 bridgehead atoms. The van der Waals surface area contributed by atoms with Gasteiger partial charge in [0, 0.05) is 5.69 Å². The fourth-order valence-corrected chi connectivity index (χ4v) is 2.56. The zero-order valence-electron chi connectivity index (χ0n) is 15.4. The zero-order chi connectivity index (χ0) is 18.8. The van der Waals surface area contributed by atoms with Crippen molar-refractivity contribution in [3.05, 3.63) is 64.7 Å². The maximum atomic E-state index is 12.7. The predicted molar refractivity (Wildman–Crippen MR) is 101 cm³/mol. The molecule has 0 atom stereocenters. The molecule has 2 aromatic rings. The van der Waals surface area contributed by atoms with E-state index in [1.165, 1.54) is 6.07 Å². The Bertz CT molecular complexity index is 801. The fraction of sp³-hybridized carbons (Fsp3) is 0.333. The van der Waals surface area contributed by atoms with E-state index in [9.17, 15) is 14.7 Å². The molecule has 0 heterocycles. The highest BCUT2D eigenvalue weighted by molar-refractivity contribution is 6.10. The van der Waals surface area contributed by atoms with Crippen LogP contribution in [-0.2, 0) is 5.41 Å². The average molecular weight is 339 g/mol. The van der Waals surface area contributed by atoms with E-state index in [1.54, 1.807) is 18.2 Å². The van der Waals surface area contributed by atoms with Crippen LogP contribution in [0.4, 0.5) is 5.69 Å². The Kier molecular flexibility index (Phi) is 5.31. The first-order valence-electron chi connectivity index (χ1n) is 8.38. The van der Waals surface area contributed by atoms with Gasteiger partial charge in [0.1, 0.15) is 0 Å². The third-order valence-electron chi connectivity index (χ3n) is 4.17. The number of amides is 1. The summed E-state index contributed by atoms with van der Waals surface area (Å²) in [5.74, 6) is -1.31. The number of hydrogen-bond donors (Lipinski definition) is 2. The van der Waals surface area contributed by atoms with E-state index in [1.807, 2.05) is 32.0 Å². The molecule has 2 aromatic carbocycles. The summed E-state index contributed by atoms with van der Waals surface area (Å²) in [7, 11) is 0. The Morgan fingerprint density at radius 1 is 1.00 bits per heavy atom. The summed E-state index contributed by atoms with van der Waals surface area (Å²) >= 11 is 0. The summed E-state index contributed by atoms with van der Waals surface area (Å²) in [6, 6.07) is 12.5. The summed E-state index contributed by atoms with van der Waals surface area (Å²) in [6.07, 6.45) is 0. The minimum absolute atomic E-state index is 0.00822. The number of aromatic carboxylic acids is 1. The predicted octanol–water partition coefficient (Wildman–Crippen LogP) is 5.06. The molecule has 0 aliphatic carbocycles. The lowest BCUT2D eigenvalue weighted by molar-refractivity contribution is 0.0692. The third kappa shape index (κ3) is 4.47. The van der Waals surface area contributed by atoms with E-state index < -0.39 is 11.9 Å². The van der Waals surface area contributed by atoms with Crippen molar-refractivity contribution in [3.63, 3.8) is 0 Å². The molecular formula is C21H25NO3. The topological polar surface area (TPSA) is 66.4 Å². The maximum Gasteiger partial charge on any atom is 0.336 e. The van der Waals surface area contributed by atoms with Gasteiger partial charge in [-0.25, -0.2) is 4.79 Å². The largest absolute Gasteiger partial charge is 0.478 e. The third-order valence-corrected chi connectivity index (χ3v) is 4.17. The van der Waals surface area contributed by atoms with Crippen molar-refractivity contribution in [2.24, 2.45) is 0 Å². The molecule has 0 aliphatic heterocycles. The minimum atomic E-state index is -1.11. The van der Waals surface area contributed by atoms with Gasteiger partial charge >= 0.3 is 5.97 Å². The van der Waals surface area contributed by atoms with Gasteiger partial charge in [-0.05, 0) is 46.7 Å². The number of benzene rings is 2. The Labute approximate surface area is 148 Å². The summed E-state index contributed by atoms with van der Waals surface area (Å²) in [5, 5.41) is 12.2. The van der Waals surface area contributed by atoms with Gasteiger partial charge in [-0.15, -0.1) is 0 Å². The highest BCUT2D eigenvalue weighted by Gasteiger charge is 2.19. The van der Waals surface area contributed by atoms with Gasteiger partial charge in [0.15, 0.2) is 0 Å². The molecule has 0 fully saturated rings. The number of anilines is 1. The average Bonchev–Trinajstić information content (AvgIpc) is 2.53. The van der Waals surface area contributed by atoms with Crippen LogP contribution in [-0.4, -0.2) is 17.0 Å². The van der Waals surface area contributed by atoms with Crippen molar-refractivity contribution in [3.8, 4) is 0 Å². The van der Waals surface area contributed by atoms with Crippen LogP contribution in [0.1, 0.15) is 72.4 Å². The molecule has 132 valence electrons. The lowest BCUT2D eigenvalue weighted by Gasteiger charge is -2.20. The van der Waals surface area contributed by atoms with Crippen molar-refractivity contribution in [2.75, 3.05) is 5.32 Å². The molecule has 0 radical (unpaired) electrons. The van der Waals surface area contributed by atoms with Gasteiger partial charge in [0.05, 0.1) is 11.1 Å². The van der Waals surface area contributed by atoms with Crippen LogP contribution in [0.25, 0.3) is 0 Å². The SMILES string of the molecule is CC(C)c1ccc(C(=O)O)c(C(=O)Nc2cccc(C(C)(C)C)c2)c1. The van der Waals surface area contributed by atoms with Gasteiger partial charge in [-0.1, -0.05) is 52.8 Å². The van der Waals surface area contributed by atoms with Crippen LogP contribution in [0.15, 0.2) is 42.5 Å². The van der Waals surface area contributed by atoms with Crippen LogP contribution in [0.5, 0.6) is 0 Å². The molecule has 0 saturated carbocycles. The van der Waals surface area contributed by atoms with E-state index in [0.717, 1.165) is 11.1 Å². The smallest absolute Gasteiger partial charge is 0.336 e. The van der Waals surface area contributed by atoms with E-state index >= 15 is 0 Å². The number of rotatable bonds is 4. The first-order valence-corrected chi connectivity index (χ1v) is 8.38. The molecular weight excluding hydrogens is 314 g/mol. The number of carbonyl (C=O) groups excluding carboxylic acids is 1. The van der Waals surface area contributed by atoms with Crippen LogP contribution in [0.2, 0.25) is 0 Å². The van der Waals surface area contributed by atoms with E-state index in [2.05, 4.69) is 26.1 Å². The van der Waals surface area contributed by atoms with Gasteiger partial charge in [-0.2, -0.15) is 0 Å². The Morgan fingerprint density at radius 3 is 2.24 bits per heavy atom. The molecule has 1 amide bonds. The van der Waals surface area contributed by atoms with Crippen LogP contribution < -0.4 is 5.32 Å². The van der Waals surface area contributed by atoms with Crippen molar-refractivity contribution >= 4 is 17.6 Å². The van der Waals surface area contributed by atoms with Crippen LogP contribution >= 0.6 is 0 Å². The molecule has 2 N–H and O–H groups in total. The molecule has 25 heavy (non-hydrogen) atoms. The van der Waals surface area contributed by atoms with Gasteiger partial charge in [0.25, 0.3) is 5.91 Å². The number of carboxylic acid groups (broad SMARTS) is 1. The molecule has 0 aliphatic rings. The molecule has 0 spiro atoms. The van der Waals surface area contributed by atoms with Crippen molar-refractivity contribution < 1.29 is 14.7 Å². The van der Waals surface area contributed by atoms with Gasteiger partial charge in [0.2, 0.25) is 0 Å². The maximum absolute atomic E-state index is 12.7. The second-order valence-corrected chi connectivity index (χ2v) is 7.55. The number of carboxylic acids is 1. The highest BCUT2D eigenvalue weighted by Crippen LogP contribution is 2.25. The molecule has 2 rings (SSSR count). The second kappa shape index (κ2) is 7.09. The quantitative estimate of drug-likeness (QED) is 0.818. The second-order valence-electron chi connectivity index (χ2n) is 7.55. The Balaban J connectivity index is 2.38. The molecule has 0 unspecified atom stereocenters. The Hall–Kier alpha value is -2.62. The normalized spacial score (nSPS) is 11.4. The monoisotopic (exact) mass is 339 g/mol. The lowest BCUT2D eigenvalue weighted by Crippen LogP contribution is -2.18.